The molecule has 0 radical (unpaired) electrons. The molecule has 0 aliphatic rings. The Balaban J connectivity index is 1.58. The quantitative estimate of drug-likeness (QED) is 0.775. The summed E-state index contributed by atoms with van der Waals surface area (Å²) in [5.41, 5.74) is 3.02. The van der Waals surface area contributed by atoms with Crippen molar-refractivity contribution in [2.24, 2.45) is 0 Å². The molecule has 0 spiro atoms. The monoisotopic (exact) mass is 323 g/mol. The van der Waals surface area contributed by atoms with Gasteiger partial charge in [-0.25, -0.2) is 0 Å². The van der Waals surface area contributed by atoms with E-state index in [1.807, 2.05) is 49.4 Å². The molecular formula is C18H17N3OS. The number of anilines is 1. The van der Waals surface area contributed by atoms with Crippen molar-refractivity contribution in [1.29, 1.82) is 0 Å². The zero-order valence-corrected chi connectivity index (χ0v) is 13.6. The van der Waals surface area contributed by atoms with Crippen LogP contribution in [0.4, 0.5) is 5.13 Å². The Bertz CT molecular complexity index is 782. The van der Waals surface area contributed by atoms with Crippen LogP contribution in [0.1, 0.15) is 26.5 Å². The summed E-state index contributed by atoms with van der Waals surface area (Å²) in [4.78, 5) is 12.1. The van der Waals surface area contributed by atoms with E-state index >= 15 is 0 Å². The number of aromatic nitrogens is 2. The van der Waals surface area contributed by atoms with Crippen LogP contribution in [0, 0.1) is 6.92 Å². The van der Waals surface area contributed by atoms with Crippen LogP contribution in [0.25, 0.3) is 0 Å². The molecule has 1 heterocycles. The molecule has 0 unspecified atom stereocenters. The average molecular weight is 323 g/mol. The third kappa shape index (κ3) is 4.23. The first-order valence-electron chi connectivity index (χ1n) is 7.45. The van der Waals surface area contributed by atoms with Gasteiger partial charge < -0.3 is 0 Å². The minimum atomic E-state index is -0.157. The molecule has 3 aromatic rings. The lowest BCUT2D eigenvalue weighted by Crippen LogP contribution is -2.11. The lowest BCUT2D eigenvalue weighted by atomic mass is 10.1. The molecule has 1 amide bonds. The molecule has 3 rings (SSSR count). The Morgan fingerprint density at radius 3 is 2.48 bits per heavy atom. The third-order valence-electron chi connectivity index (χ3n) is 3.47. The molecule has 23 heavy (non-hydrogen) atoms. The highest BCUT2D eigenvalue weighted by molar-refractivity contribution is 7.15. The van der Waals surface area contributed by atoms with Crippen LogP contribution in [-0.4, -0.2) is 16.1 Å². The average Bonchev–Trinajstić information content (AvgIpc) is 3.02. The molecule has 2 aromatic carbocycles. The molecule has 0 saturated carbocycles. The van der Waals surface area contributed by atoms with Crippen molar-refractivity contribution in [1.82, 2.24) is 10.2 Å². The Labute approximate surface area is 139 Å². The van der Waals surface area contributed by atoms with Crippen LogP contribution in [-0.2, 0) is 12.8 Å². The maximum absolute atomic E-state index is 12.1. The summed E-state index contributed by atoms with van der Waals surface area (Å²) in [6.45, 7) is 1.99. The predicted molar refractivity (Wildman–Crippen MR) is 92.9 cm³/mol. The van der Waals surface area contributed by atoms with Crippen molar-refractivity contribution >= 4 is 22.4 Å². The summed E-state index contributed by atoms with van der Waals surface area (Å²) >= 11 is 1.42. The molecule has 0 bridgehead atoms. The normalized spacial score (nSPS) is 10.5. The van der Waals surface area contributed by atoms with Crippen molar-refractivity contribution in [3.63, 3.8) is 0 Å². The second-order valence-corrected chi connectivity index (χ2v) is 6.37. The van der Waals surface area contributed by atoms with E-state index in [2.05, 4.69) is 27.6 Å². The topological polar surface area (TPSA) is 54.9 Å². The number of hydrogen-bond donors (Lipinski definition) is 1. The number of amides is 1. The number of aryl methyl sites for hydroxylation is 3. The maximum atomic E-state index is 12.1. The standard InChI is InChI=1S/C18H17N3OS/c1-13-7-10-15(11-8-13)17(22)19-18-21-20-16(23-18)12-9-14-5-3-2-4-6-14/h2-8,10-11H,9,12H2,1H3,(H,19,21,22). The molecule has 0 fully saturated rings. The van der Waals surface area contributed by atoms with Gasteiger partial charge in [0.05, 0.1) is 0 Å². The van der Waals surface area contributed by atoms with Gasteiger partial charge >= 0.3 is 0 Å². The fraction of sp³-hybridized carbons (Fsp3) is 0.167. The van der Waals surface area contributed by atoms with E-state index in [0.717, 1.165) is 23.4 Å². The lowest BCUT2D eigenvalue weighted by molar-refractivity contribution is 0.102. The van der Waals surface area contributed by atoms with Gasteiger partial charge in [-0.3, -0.25) is 10.1 Å². The van der Waals surface area contributed by atoms with Crippen LogP contribution in [0.5, 0.6) is 0 Å². The Hall–Kier alpha value is -2.53. The van der Waals surface area contributed by atoms with E-state index in [-0.39, 0.29) is 5.91 Å². The zero-order chi connectivity index (χ0) is 16.1. The summed E-state index contributed by atoms with van der Waals surface area (Å²) < 4.78 is 0. The molecule has 116 valence electrons. The van der Waals surface area contributed by atoms with E-state index in [1.54, 1.807) is 0 Å². The van der Waals surface area contributed by atoms with E-state index in [4.69, 9.17) is 0 Å². The SMILES string of the molecule is Cc1ccc(C(=O)Nc2nnc(CCc3ccccc3)s2)cc1. The van der Waals surface area contributed by atoms with Crippen LogP contribution in [0.2, 0.25) is 0 Å². The van der Waals surface area contributed by atoms with Gasteiger partial charge in [0.15, 0.2) is 0 Å². The zero-order valence-electron chi connectivity index (χ0n) is 12.8. The van der Waals surface area contributed by atoms with Crippen molar-refractivity contribution in [3.8, 4) is 0 Å². The number of nitrogens with one attached hydrogen (secondary N) is 1. The maximum Gasteiger partial charge on any atom is 0.257 e. The van der Waals surface area contributed by atoms with Gasteiger partial charge in [0.1, 0.15) is 5.01 Å². The molecule has 0 saturated heterocycles. The number of benzene rings is 2. The van der Waals surface area contributed by atoms with E-state index in [1.165, 1.54) is 16.9 Å². The second kappa shape index (κ2) is 7.15. The minimum absolute atomic E-state index is 0.157. The number of carbonyl (C=O) groups excluding carboxylic acids is 1. The summed E-state index contributed by atoms with van der Waals surface area (Å²) in [6, 6.07) is 17.7. The molecule has 1 N–H and O–H groups in total. The Kier molecular flexibility index (Phi) is 4.78. The third-order valence-corrected chi connectivity index (χ3v) is 4.37. The largest absolute Gasteiger partial charge is 0.296 e. The van der Waals surface area contributed by atoms with E-state index < -0.39 is 0 Å². The first-order valence-corrected chi connectivity index (χ1v) is 8.27. The van der Waals surface area contributed by atoms with Gasteiger partial charge in [-0.05, 0) is 31.0 Å². The molecule has 4 nitrogen and oxygen atoms in total. The first-order chi connectivity index (χ1) is 11.2. The predicted octanol–water partition coefficient (Wildman–Crippen LogP) is 3.88. The number of hydrogen-bond acceptors (Lipinski definition) is 4. The summed E-state index contributed by atoms with van der Waals surface area (Å²) in [5, 5.41) is 12.5. The number of rotatable bonds is 5. The highest BCUT2D eigenvalue weighted by atomic mass is 32.1. The van der Waals surface area contributed by atoms with Crippen LogP contribution in [0.3, 0.4) is 0 Å². The Morgan fingerprint density at radius 2 is 1.74 bits per heavy atom. The summed E-state index contributed by atoms with van der Waals surface area (Å²) in [7, 11) is 0. The van der Waals surface area contributed by atoms with Gasteiger partial charge in [0.2, 0.25) is 5.13 Å². The van der Waals surface area contributed by atoms with Crippen LogP contribution in [0.15, 0.2) is 54.6 Å². The van der Waals surface area contributed by atoms with Gasteiger partial charge in [-0.1, -0.05) is 59.4 Å². The van der Waals surface area contributed by atoms with Gasteiger partial charge in [0.25, 0.3) is 5.91 Å². The van der Waals surface area contributed by atoms with Crippen LogP contribution < -0.4 is 5.32 Å². The van der Waals surface area contributed by atoms with Crippen molar-refractivity contribution in [3.05, 3.63) is 76.3 Å². The molecule has 0 aliphatic carbocycles. The lowest BCUT2D eigenvalue weighted by Gasteiger charge is -2.01. The molecule has 1 aromatic heterocycles. The van der Waals surface area contributed by atoms with Crippen molar-refractivity contribution in [2.75, 3.05) is 5.32 Å². The highest BCUT2D eigenvalue weighted by Crippen LogP contribution is 2.18. The summed E-state index contributed by atoms with van der Waals surface area (Å²) in [5.74, 6) is -0.157. The molecular weight excluding hydrogens is 306 g/mol. The fourth-order valence-electron chi connectivity index (χ4n) is 2.18. The van der Waals surface area contributed by atoms with Gasteiger partial charge in [0, 0.05) is 12.0 Å². The number of carbonyl (C=O) groups is 1. The highest BCUT2D eigenvalue weighted by Gasteiger charge is 2.10. The van der Waals surface area contributed by atoms with Gasteiger partial charge in [-0.2, -0.15) is 0 Å². The fourth-order valence-corrected chi connectivity index (χ4v) is 2.91. The van der Waals surface area contributed by atoms with E-state index in [9.17, 15) is 4.79 Å². The molecule has 5 heteroatoms. The molecule has 0 atom stereocenters. The minimum Gasteiger partial charge on any atom is -0.296 e. The van der Waals surface area contributed by atoms with Crippen molar-refractivity contribution < 1.29 is 4.79 Å². The molecule has 0 aliphatic heterocycles. The van der Waals surface area contributed by atoms with Crippen molar-refractivity contribution in [2.45, 2.75) is 19.8 Å². The Morgan fingerprint density at radius 1 is 1.00 bits per heavy atom. The number of nitrogens with zero attached hydrogens (tertiary/aromatic N) is 2. The van der Waals surface area contributed by atoms with E-state index in [0.29, 0.717) is 10.7 Å². The first kappa shape index (κ1) is 15.4. The second-order valence-electron chi connectivity index (χ2n) is 5.31. The summed E-state index contributed by atoms with van der Waals surface area (Å²) in [6.07, 6.45) is 1.74. The van der Waals surface area contributed by atoms with Crippen LogP contribution >= 0.6 is 11.3 Å². The van der Waals surface area contributed by atoms with Gasteiger partial charge in [-0.15, -0.1) is 10.2 Å². The smallest absolute Gasteiger partial charge is 0.257 e.